The summed E-state index contributed by atoms with van der Waals surface area (Å²) in [6, 6.07) is 3.88. The molecule has 1 aromatic heterocycles. The van der Waals surface area contributed by atoms with Crippen molar-refractivity contribution in [3.63, 3.8) is 0 Å². The molecule has 0 amide bonds. The Morgan fingerprint density at radius 2 is 1.88 bits per heavy atom. The Morgan fingerprint density at radius 1 is 1.12 bits per heavy atom. The Kier molecular flexibility index (Phi) is 5.57. The molecule has 1 aromatic carbocycles. The van der Waals surface area contributed by atoms with E-state index < -0.39 is 16.8 Å². The number of rotatable bonds is 6. The Balaban J connectivity index is 2.75. The molecule has 0 aliphatic heterocycles. The number of aromatic amines is 1. The van der Waals surface area contributed by atoms with E-state index in [2.05, 4.69) is 4.98 Å². The minimum atomic E-state index is -0.647. The van der Waals surface area contributed by atoms with Crippen LogP contribution in [0.25, 0.3) is 10.9 Å². The molecular weight excluding hydrogens is 314 g/mol. The maximum Gasteiger partial charge on any atom is 0.354 e. The largest absolute Gasteiger partial charge is 0.492 e. The van der Waals surface area contributed by atoms with E-state index in [0.717, 1.165) is 6.07 Å². The first-order valence-electron chi connectivity index (χ1n) is 7.61. The SMILES string of the molecule is CCCOc1cc2c(=O)cc(C(=O)OCC)[nH]c2cc(OC)c1=O. The van der Waals surface area contributed by atoms with Crippen LogP contribution in [0.2, 0.25) is 0 Å². The van der Waals surface area contributed by atoms with Gasteiger partial charge < -0.3 is 19.2 Å². The number of hydrogen-bond donors (Lipinski definition) is 1. The van der Waals surface area contributed by atoms with Crippen LogP contribution in [0.4, 0.5) is 0 Å². The lowest BCUT2D eigenvalue weighted by Gasteiger charge is -2.03. The Hall–Kier alpha value is -2.83. The van der Waals surface area contributed by atoms with Crippen molar-refractivity contribution in [2.24, 2.45) is 0 Å². The molecule has 7 nitrogen and oxygen atoms in total. The molecule has 2 aromatic rings. The van der Waals surface area contributed by atoms with Gasteiger partial charge in [0.15, 0.2) is 16.9 Å². The average Bonchev–Trinajstić information content (AvgIpc) is 2.70. The summed E-state index contributed by atoms with van der Waals surface area (Å²) in [4.78, 5) is 39.4. The van der Waals surface area contributed by atoms with Gasteiger partial charge in [0.1, 0.15) is 5.69 Å². The molecule has 2 rings (SSSR count). The highest BCUT2D eigenvalue weighted by Gasteiger charge is 2.14. The van der Waals surface area contributed by atoms with Crippen molar-refractivity contribution < 1.29 is 19.0 Å². The number of methoxy groups -OCH3 is 1. The van der Waals surface area contributed by atoms with Crippen molar-refractivity contribution in [2.45, 2.75) is 20.3 Å². The summed E-state index contributed by atoms with van der Waals surface area (Å²) in [5.41, 5.74) is -0.602. The Labute approximate surface area is 138 Å². The molecule has 0 bridgehead atoms. The van der Waals surface area contributed by atoms with Gasteiger partial charge in [-0.1, -0.05) is 6.92 Å². The fourth-order valence-electron chi connectivity index (χ4n) is 2.16. The molecule has 0 spiro atoms. The van der Waals surface area contributed by atoms with Crippen LogP contribution in [-0.2, 0) is 4.74 Å². The second-order valence-electron chi connectivity index (χ2n) is 4.99. The van der Waals surface area contributed by atoms with Gasteiger partial charge in [-0.2, -0.15) is 0 Å². The van der Waals surface area contributed by atoms with E-state index in [0.29, 0.717) is 13.0 Å². The number of carbonyl (C=O) groups is 1. The molecule has 0 unspecified atom stereocenters. The molecule has 0 radical (unpaired) electrons. The van der Waals surface area contributed by atoms with E-state index in [4.69, 9.17) is 14.2 Å². The number of fused-ring (bicyclic) bond motifs is 1. The van der Waals surface area contributed by atoms with E-state index >= 15 is 0 Å². The maximum absolute atomic E-state index is 12.4. The molecule has 0 saturated carbocycles. The maximum atomic E-state index is 12.4. The van der Waals surface area contributed by atoms with Crippen LogP contribution >= 0.6 is 0 Å². The Morgan fingerprint density at radius 3 is 2.50 bits per heavy atom. The molecule has 0 aliphatic rings. The highest BCUT2D eigenvalue weighted by molar-refractivity contribution is 5.91. The van der Waals surface area contributed by atoms with Crippen LogP contribution in [0.1, 0.15) is 30.8 Å². The highest BCUT2D eigenvalue weighted by atomic mass is 16.5. The molecule has 0 aliphatic carbocycles. The topological polar surface area (TPSA) is 94.7 Å². The van der Waals surface area contributed by atoms with E-state index in [9.17, 15) is 14.4 Å². The lowest BCUT2D eigenvalue weighted by Crippen LogP contribution is -2.12. The third-order valence-corrected chi connectivity index (χ3v) is 3.28. The number of H-pyrrole nitrogens is 1. The van der Waals surface area contributed by atoms with Gasteiger partial charge >= 0.3 is 5.97 Å². The number of aromatic nitrogens is 1. The van der Waals surface area contributed by atoms with Crippen molar-refractivity contribution in [1.29, 1.82) is 0 Å². The van der Waals surface area contributed by atoms with Gasteiger partial charge in [-0.15, -0.1) is 0 Å². The van der Waals surface area contributed by atoms with Crippen molar-refractivity contribution >= 4 is 16.9 Å². The number of pyridine rings is 1. The van der Waals surface area contributed by atoms with Crippen LogP contribution in [-0.4, -0.2) is 31.3 Å². The van der Waals surface area contributed by atoms with Crippen LogP contribution in [0.15, 0.2) is 27.8 Å². The fraction of sp³-hybridized carbons (Fsp3) is 0.353. The summed E-state index contributed by atoms with van der Waals surface area (Å²) in [5.74, 6) is -0.613. The zero-order valence-electron chi connectivity index (χ0n) is 13.8. The second-order valence-corrected chi connectivity index (χ2v) is 4.99. The van der Waals surface area contributed by atoms with Gasteiger partial charge in [-0.25, -0.2) is 4.79 Å². The molecule has 0 saturated heterocycles. The molecule has 0 fully saturated rings. The highest BCUT2D eigenvalue weighted by Crippen LogP contribution is 2.18. The standard InChI is InChI=1S/C17H19NO6/c1-4-6-24-15-7-10-11(9-14(22-3)16(15)20)18-12(8-13(10)19)17(21)23-5-2/h7-9H,4-6H2,1-3H3,(H,18,19). The minimum Gasteiger partial charge on any atom is -0.492 e. The number of carbonyl (C=O) groups excluding carboxylic acids is 1. The monoisotopic (exact) mass is 333 g/mol. The molecule has 24 heavy (non-hydrogen) atoms. The average molecular weight is 333 g/mol. The number of nitrogens with one attached hydrogen (secondary N) is 1. The minimum absolute atomic E-state index is 0.00563. The molecule has 0 atom stereocenters. The predicted molar refractivity (Wildman–Crippen MR) is 89.1 cm³/mol. The van der Waals surface area contributed by atoms with Crippen LogP contribution in [0.5, 0.6) is 11.5 Å². The summed E-state index contributed by atoms with van der Waals surface area (Å²) in [5, 5.41) is 0.217. The molecule has 1 N–H and O–H groups in total. The van der Waals surface area contributed by atoms with Crippen LogP contribution in [0, 0.1) is 0 Å². The summed E-state index contributed by atoms with van der Waals surface area (Å²) in [6.07, 6.45) is 0.710. The molecular formula is C17H19NO6. The zero-order chi connectivity index (χ0) is 17.7. The van der Waals surface area contributed by atoms with Crippen LogP contribution in [0.3, 0.4) is 0 Å². The Bertz CT molecular complexity index is 871. The smallest absolute Gasteiger partial charge is 0.354 e. The van der Waals surface area contributed by atoms with E-state index in [1.54, 1.807) is 6.92 Å². The molecule has 128 valence electrons. The number of ether oxygens (including phenoxy) is 3. The first kappa shape index (κ1) is 17.5. The number of esters is 1. The molecule has 7 heteroatoms. The lowest BCUT2D eigenvalue weighted by molar-refractivity contribution is 0.0520. The summed E-state index contributed by atoms with van der Waals surface area (Å²) < 4.78 is 15.4. The van der Waals surface area contributed by atoms with Gasteiger partial charge in [0.2, 0.25) is 0 Å². The summed E-state index contributed by atoms with van der Waals surface area (Å²) in [6.45, 7) is 4.09. The first-order valence-corrected chi connectivity index (χ1v) is 7.61. The van der Waals surface area contributed by atoms with Crippen molar-refractivity contribution in [1.82, 2.24) is 4.98 Å². The lowest BCUT2D eigenvalue weighted by atomic mass is 10.2. The zero-order valence-corrected chi connectivity index (χ0v) is 13.8. The van der Waals surface area contributed by atoms with Crippen molar-refractivity contribution in [3.8, 4) is 11.5 Å². The van der Waals surface area contributed by atoms with Gasteiger partial charge in [-0.3, -0.25) is 9.59 Å². The van der Waals surface area contributed by atoms with E-state index in [1.807, 2.05) is 6.92 Å². The first-order chi connectivity index (χ1) is 11.5. The van der Waals surface area contributed by atoms with Crippen LogP contribution < -0.4 is 20.3 Å². The summed E-state index contributed by atoms with van der Waals surface area (Å²) in [7, 11) is 1.35. The predicted octanol–water partition coefficient (Wildman–Crippen LogP) is 1.86. The van der Waals surface area contributed by atoms with E-state index in [-0.39, 0.29) is 34.7 Å². The fourth-order valence-corrected chi connectivity index (χ4v) is 2.16. The quantitative estimate of drug-likeness (QED) is 0.811. The second kappa shape index (κ2) is 7.63. The van der Waals surface area contributed by atoms with Gasteiger partial charge in [-0.05, 0) is 19.4 Å². The third kappa shape index (κ3) is 3.56. The molecule has 1 heterocycles. The van der Waals surface area contributed by atoms with Crippen molar-refractivity contribution in [3.05, 3.63) is 44.3 Å². The van der Waals surface area contributed by atoms with Gasteiger partial charge in [0.05, 0.1) is 25.8 Å². The van der Waals surface area contributed by atoms with E-state index in [1.165, 1.54) is 19.2 Å². The van der Waals surface area contributed by atoms with Crippen molar-refractivity contribution in [2.75, 3.05) is 20.3 Å². The normalized spacial score (nSPS) is 10.5. The van der Waals surface area contributed by atoms with Gasteiger partial charge in [0, 0.05) is 17.5 Å². The van der Waals surface area contributed by atoms with Gasteiger partial charge in [0.25, 0.3) is 5.43 Å². The number of hydrogen-bond acceptors (Lipinski definition) is 6. The summed E-state index contributed by atoms with van der Waals surface area (Å²) >= 11 is 0. The third-order valence-electron chi connectivity index (χ3n) is 3.28.